The number of rotatable bonds is 3. The number of halogens is 3. The lowest BCUT2D eigenvalue weighted by Gasteiger charge is -2.15. The van der Waals surface area contributed by atoms with Crippen LogP contribution in [-0.4, -0.2) is 5.11 Å². The van der Waals surface area contributed by atoms with Crippen molar-refractivity contribution >= 4 is 17.3 Å². The van der Waals surface area contributed by atoms with Gasteiger partial charge >= 0.3 is 0 Å². The van der Waals surface area contributed by atoms with E-state index in [9.17, 15) is 13.9 Å². The number of nitrogen functional groups attached to an aromatic ring is 1. The molecule has 1 unspecified atom stereocenters. The third-order valence-electron chi connectivity index (χ3n) is 2.87. The predicted octanol–water partition coefficient (Wildman–Crippen LogP) is 3.48. The first-order valence-electron chi connectivity index (χ1n) is 5.65. The highest BCUT2D eigenvalue weighted by Crippen LogP contribution is 2.28. The van der Waals surface area contributed by atoms with E-state index in [0.717, 1.165) is 6.07 Å². The van der Waals surface area contributed by atoms with Crippen LogP contribution in [-0.2, 0) is 6.42 Å². The molecule has 0 saturated heterocycles. The standard InChI is InChI=1S/C14H12ClF2NO/c15-11-2-1-3-12(17)9(11)7-14(19)10-6-8(16)4-5-13(10)18/h1-6,14,19H,7,18H2. The Bertz CT molecular complexity index is 584. The molecule has 0 fully saturated rings. The maximum absolute atomic E-state index is 13.6. The van der Waals surface area contributed by atoms with Crippen molar-refractivity contribution in [3.63, 3.8) is 0 Å². The highest BCUT2D eigenvalue weighted by molar-refractivity contribution is 6.31. The Kier molecular flexibility index (Phi) is 4.02. The lowest BCUT2D eigenvalue weighted by atomic mass is 9.99. The molecule has 2 aromatic rings. The number of benzene rings is 2. The Labute approximate surface area is 114 Å². The summed E-state index contributed by atoms with van der Waals surface area (Å²) >= 11 is 5.88. The minimum Gasteiger partial charge on any atom is -0.398 e. The molecule has 3 N–H and O–H groups in total. The maximum Gasteiger partial charge on any atom is 0.127 e. The normalized spacial score (nSPS) is 12.4. The van der Waals surface area contributed by atoms with E-state index in [-0.39, 0.29) is 28.3 Å². The Balaban J connectivity index is 2.31. The van der Waals surface area contributed by atoms with Gasteiger partial charge in [-0.1, -0.05) is 17.7 Å². The van der Waals surface area contributed by atoms with Gasteiger partial charge in [-0.15, -0.1) is 0 Å². The molecule has 2 aromatic carbocycles. The summed E-state index contributed by atoms with van der Waals surface area (Å²) in [5, 5.41) is 10.3. The van der Waals surface area contributed by atoms with E-state index in [4.69, 9.17) is 17.3 Å². The van der Waals surface area contributed by atoms with E-state index >= 15 is 0 Å². The minimum absolute atomic E-state index is 0.0703. The van der Waals surface area contributed by atoms with Gasteiger partial charge in [-0.3, -0.25) is 0 Å². The van der Waals surface area contributed by atoms with Gasteiger partial charge < -0.3 is 10.8 Å². The average molecular weight is 284 g/mol. The molecule has 0 spiro atoms. The third-order valence-corrected chi connectivity index (χ3v) is 3.22. The van der Waals surface area contributed by atoms with Crippen molar-refractivity contribution in [2.45, 2.75) is 12.5 Å². The SMILES string of the molecule is Nc1ccc(F)cc1C(O)Cc1c(F)cccc1Cl. The van der Waals surface area contributed by atoms with E-state index in [0.29, 0.717) is 0 Å². The molecule has 5 heteroatoms. The number of anilines is 1. The highest BCUT2D eigenvalue weighted by Gasteiger charge is 2.17. The van der Waals surface area contributed by atoms with Crippen LogP contribution in [0.1, 0.15) is 17.2 Å². The van der Waals surface area contributed by atoms with Crippen LogP contribution in [0.25, 0.3) is 0 Å². The molecule has 0 aliphatic heterocycles. The Hall–Kier alpha value is -1.65. The predicted molar refractivity (Wildman–Crippen MR) is 70.9 cm³/mol. The monoisotopic (exact) mass is 283 g/mol. The van der Waals surface area contributed by atoms with Crippen molar-refractivity contribution in [2.75, 3.05) is 5.73 Å². The fourth-order valence-corrected chi connectivity index (χ4v) is 2.11. The first-order chi connectivity index (χ1) is 8.99. The van der Waals surface area contributed by atoms with Crippen molar-refractivity contribution in [2.24, 2.45) is 0 Å². The third kappa shape index (κ3) is 3.03. The molecule has 2 nitrogen and oxygen atoms in total. The van der Waals surface area contributed by atoms with Crippen LogP contribution in [0.2, 0.25) is 5.02 Å². The van der Waals surface area contributed by atoms with Crippen molar-refractivity contribution in [1.82, 2.24) is 0 Å². The quantitative estimate of drug-likeness (QED) is 0.847. The molecule has 2 rings (SSSR count). The summed E-state index contributed by atoms with van der Waals surface area (Å²) in [4.78, 5) is 0. The van der Waals surface area contributed by atoms with E-state index in [1.54, 1.807) is 0 Å². The van der Waals surface area contributed by atoms with Gasteiger partial charge in [0.2, 0.25) is 0 Å². The lowest BCUT2D eigenvalue weighted by Crippen LogP contribution is -2.07. The van der Waals surface area contributed by atoms with Crippen molar-refractivity contribution < 1.29 is 13.9 Å². The van der Waals surface area contributed by atoms with Crippen molar-refractivity contribution in [3.05, 3.63) is 64.2 Å². The van der Waals surface area contributed by atoms with Gasteiger partial charge in [0.15, 0.2) is 0 Å². The van der Waals surface area contributed by atoms with E-state index in [1.165, 1.54) is 30.3 Å². The molecule has 1 atom stereocenters. The largest absolute Gasteiger partial charge is 0.398 e. The Morgan fingerprint density at radius 3 is 2.63 bits per heavy atom. The number of nitrogens with two attached hydrogens (primary N) is 1. The fraction of sp³-hybridized carbons (Fsp3) is 0.143. The van der Waals surface area contributed by atoms with Gasteiger partial charge in [0, 0.05) is 28.3 Å². The fourth-order valence-electron chi connectivity index (χ4n) is 1.86. The van der Waals surface area contributed by atoms with E-state index in [2.05, 4.69) is 0 Å². The molecule has 0 bridgehead atoms. The molecule has 0 aromatic heterocycles. The number of hydrogen-bond acceptors (Lipinski definition) is 2. The summed E-state index contributed by atoms with van der Waals surface area (Å²) in [6, 6.07) is 7.95. The Morgan fingerprint density at radius 2 is 1.95 bits per heavy atom. The number of aliphatic hydroxyl groups is 1. The van der Waals surface area contributed by atoms with Crippen LogP contribution in [0.3, 0.4) is 0 Å². The first-order valence-corrected chi connectivity index (χ1v) is 6.02. The molecular formula is C14H12ClF2NO. The molecule has 0 aliphatic carbocycles. The first kappa shape index (κ1) is 13.8. The molecule has 100 valence electrons. The highest BCUT2D eigenvalue weighted by atomic mass is 35.5. The van der Waals surface area contributed by atoms with E-state index < -0.39 is 17.7 Å². The molecule has 0 radical (unpaired) electrons. The summed E-state index contributed by atoms with van der Waals surface area (Å²) in [7, 11) is 0. The van der Waals surface area contributed by atoms with Crippen LogP contribution < -0.4 is 5.73 Å². The Morgan fingerprint density at radius 1 is 1.21 bits per heavy atom. The maximum atomic E-state index is 13.6. The van der Waals surface area contributed by atoms with Gasteiger partial charge in [-0.25, -0.2) is 8.78 Å². The van der Waals surface area contributed by atoms with Crippen molar-refractivity contribution in [1.29, 1.82) is 0 Å². The van der Waals surface area contributed by atoms with Crippen LogP contribution in [0.4, 0.5) is 14.5 Å². The smallest absolute Gasteiger partial charge is 0.127 e. The van der Waals surface area contributed by atoms with Gasteiger partial charge in [-0.2, -0.15) is 0 Å². The average Bonchev–Trinajstić information content (AvgIpc) is 2.37. The zero-order valence-corrected chi connectivity index (χ0v) is 10.7. The second-order valence-corrected chi connectivity index (χ2v) is 4.60. The lowest BCUT2D eigenvalue weighted by molar-refractivity contribution is 0.177. The van der Waals surface area contributed by atoms with Gasteiger partial charge in [0.25, 0.3) is 0 Å². The second kappa shape index (κ2) is 5.55. The minimum atomic E-state index is -1.12. The number of hydrogen-bond donors (Lipinski definition) is 2. The molecule has 0 aliphatic rings. The van der Waals surface area contributed by atoms with Crippen LogP contribution in [0.5, 0.6) is 0 Å². The van der Waals surface area contributed by atoms with Gasteiger partial charge in [0.1, 0.15) is 11.6 Å². The molecule has 0 heterocycles. The summed E-state index contributed by atoms with van der Waals surface area (Å²) in [6.45, 7) is 0. The van der Waals surface area contributed by atoms with Crippen LogP contribution >= 0.6 is 11.6 Å². The van der Waals surface area contributed by atoms with Crippen LogP contribution in [0, 0.1) is 11.6 Å². The van der Waals surface area contributed by atoms with E-state index in [1.807, 2.05) is 0 Å². The zero-order valence-electron chi connectivity index (χ0n) is 9.91. The van der Waals surface area contributed by atoms with Gasteiger partial charge in [0.05, 0.1) is 6.10 Å². The summed E-state index contributed by atoms with van der Waals surface area (Å²) < 4.78 is 26.7. The molecule has 19 heavy (non-hydrogen) atoms. The summed E-state index contributed by atoms with van der Waals surface area (Å²) in [6.07, 6.45) is -1.19. The molecule has 0 amide bonds. The molecule has 0 saturated carbocycles. The summed E-state index contributed by atoms with van der Waals surface area (Å²) in [5.41, 5.74) is 6.32. The zero-order chi connectivity index (χ0) is 14.0. The summed E-state index contributed by atoms with van der Waals surface area (Å²) in [5.74, 6) is -1.02. The number of aliphatic hydroxyl groups excluding tert-OH is 1. The topological polar surface area (TPSA) is 46.2 Å². The van der Waals surface area contributed by atoms with Crippen molar-refractivity contribution in [3.8, 4) is 0 Å². The van der Waals surface area contributed by atoms with Gasteiger partial charge in [-0.05, 0) is 30.3 Å². The van der Waals surface area contributed by atoms with Crippen LogP contribution in [0.15, 0.2) is 36.4 Å². The molecular weight excluding hydrogens is 272 g/mol. The second-order valence-electron chi connectivity index (χ2n) is 4.19.